The highest BCUT2D eigenvalue weighted by Gasteiger charge is 2.71. The number of aliphatic carboxylic acids is 2. The number of methoxy groups -OCH3 is 1. The molecule has 7 N–H and O–H groups in total. The number of esters is 1. The number of aliphatic hydroxyl groups is 5. The molecule has 0 radical (unpaired) electrons. The lowest BCUT2D eigenvalue weighted by Gasteiger charge is -2.70. The van der Waals surface area contributed by atoms with Crippen LogP contribution in [0.4, 0.5) is 0 Å². The number of rotatable bonds is 7. The number of carbonyl (C=O) groups excluding carboxylic acids is 2. The fourth-order valence-corrected chi connectivity index (χ4v) is 13.6. The van der Waals surface area contributed by atoms with Gasteiger partial charge in [0.1, 0.15) is 36.6 Å². The zero-order valence-corrected chi connectivity index (χ0v) is 35.3. The third kappa shape index (κ3) is 6.56. The summed E-state index contributed by atoms with van der Waals surface area (Å²) in [4.78, 5) is 52.0. The van der Waals surface area contributed by atoms with Crippen LogP contribution in [0.25, 0.3) is 0 Å². The summed E-state index contributed by atoms with van der Waals surface area (Å²) in [6.45, 7) is 15.2. The summed E-state index contributed by atoms with van der Waals surface area (Å²) < 4.78 is 28.7. The molecule has 0 aromatic carbocycles. The second-order valence-electron chi connectivity index (χ2n) is 20.8. The van der Waals surface area contributed by atoms with Crippen molar-refractivity contribution in [2.24, 2.45) is 50.2 Å². The highest BCUT2D eigenvalue weighted by molar-refractivity contribution is 5.95. The predicted octanol–water partition coefficient (Wildman–Crippen LogP) is 2.33. The molecule has 0 aromatic rings. The van der Waals surface area contributed by atoms with E-state index in [0.29, 0.717) is 19.3 Å². The van der Waals surface area contributed by atoms with Gasteiger partial charge in [-0.3, -0.25) is 9.59 Å². The Morgan fingerprint density at radius 3 is 1.92 bits per heavy atom. The van der Waals surface area contributed by atoms with Gasteiger partial charge in [-0.2, -0.15) is 0 Å². The van der Waals surface area contributed by atoms with E-state index < -0.39 is 101 Å². The van der Waals surface area contributed by atoms with Crippen LogP contribution < -0.4 is 0 Å². The van der Waals surface area contributed by atoms with E-state index in [-0.39, 0.29) is 40.3 Å². The van der Waals surface area contributed by atoms with Crippen molar-refractivity contribution in [2.75, 3.05) is 7.11 Å². The number of aliphatic hydroxyl groups excluding tert-OH is 5. The second-order valence-corrected chi connectivity index (χ2v) is 20.8. The van der Waals surface area contributed by atoms with Gasteiger partial charge in [-0.1, -0.05) is 47.1 Å². The van der Waals surface area contributed by atoms with Crippen molar-refractivity contribution in [2.45, 2.75) is 174 Å². The number of hydrogen-bond donors (Lipinski definition) is 7. The number of allylic oxidation sites excluding steroid dienone is 2. The highest BCUT2D eigenvalue weighted by Crippen LogP contribution is 2.75. The van der Waals surface area contributed by atoms with Crippen molar-refractivity contribution in [1.29, 1.82) is 0 Å². The lowest BCUT2D eigenvalue weighted by molar-refractivity contribution is -0.371. The van der Waals surface area contributed by atoms with Gasteiger partial charge < -0.3 is 59.4 Å². The number of carboxylic acids is 2. The number of ether oxygens (including phenoxy) is 5. The average Bonchev–Trinajstić information content (AvgIpc) is 3.16. The van der Waals surface area contributed by atoms with Gasteiger partial charge in [-0.25, -0.2) is 9.59 Å². The third-order valence-electron chi connectivity index (χ3n) is 17.4. The Labute approximate surface area is 344 Å². The minimum atomic E-state index is -2.04. The summed E-state index contributed by atoms with van der Waals surface area (Å²) in [7, 11) is 1.44. The number of carbonyl (C=O) groups is 4. The van der Waals surface area contributed by atoms with E-state index >= 15 is 0 Å². The molecule has 19 atom stereocenters. The van der Waals surface area contributed by atoms with E-state index in [1.807, 2.05) is 26.8 Å². The van der Waals surface area contributed by atoms with Crippen molar-refractivity contribution in [3.8, 4) is 0 Å². The molecule has 2 aliphatic heterocycles. The zero-order valence-electron chi connectivity index (χ0n) is 35.3. The lowest BCUT2D eigenvalue weighted by atomic mass is 9.33. The van der Waals surface area contributed by atoms with Gasteiger partial charge in [0.05, 0.1) is 18.6 Å². The van der Waals surface area contributed by atoms with E-state index in [9.17, 15) is 54.9 Å². The molecule has 0 unspecified atom stereocenters. The molecule has 0 bridgehead atoms. The van der Waals surface area contributed by atoms with E-state index in [1.54, 1.807) is 0 Å². The van der Waals surface area contributed by atoms with E-state index in [0.717, 1.165) is 38.5 Å². The van der Waals surface area contributed by atoms with Crippen LogP contribution in [-0.4, -0.2) is 134 Å². The molecule has 7 aliphatic rings. The van der Waals surface area contributed by atoms with E-state index in [4.69, 9.17) is 23.7 Å². The van der Waals surface area contributed by atoms with Gasteiger partial charge in [0.2, 0.25) is 0 Å². The standard InChI is InChI=1S/C43H64O16/c1-38(2)22-9-12-43(7)32(21(44)17-19-20-18-40(4,37(54)55-8)14-13-39(20,3)15-16-42(19,43)6)41(22,5)11-10-23(38)56-36-31(27(48)26(47)30(58-36)34(52)53)59-35-28(49)24(45)25(46)29(57-35)33(50)51/h17,20,22-32,35-36,45-49H,9-16,18H2,1-8H3,(H,50,51)(H,52,53)/t20-,22-,23-,24-,25-,26-,27-,28+,29-,30-,31+,32+,35-,36-,39+,40-,41-,42+,43+/m0/s1. The molecule has 5 aliphatic carbocycles. The summed E-state index contributed by atoms with van der Waals surface area (Å²) in [5.41, 5.74) is -1.36. The maximum atomic E-state index is 14.9. The maximum Gasteiger partial charge on any atom is 0.335 e. The first-order chi connectivity index (χ1) is 27.3. The van der Waals surface area contributed by atoms with Crippen LogP contribution in [0.2, 0.25) is 0 Å². The van der Waals surface area contributed by atoms with Gasteiger partial charge in [-0.15, -0.1) is 0 Å². The molecule has 16 nitrogen and oxygen atoms in total. The molecule has 2 heterocycles. The van der Waals surface area contributed by atoms with Crippen molar-refractivity contribution in [3.63, 3.8) is 0 Å². The van der Waals surface area contributed by atoms with Gasteiger partial charge in [0.25, 0.3) is 0 Å². The highest BCUT2D eigenvalue weighted by atomic mass is 16.8. The van der Waals surface area contributed by atoms with Gasteiger partial charge in [0.15, 0.2) is 30.6 Å². The molecule has 2 saturated heterocycles. The number of ketones is 1. The number of hydrogen-bond acceptors (Lipinski definition) is 14. The molecule has 0 amide bonds. The van der Waals surface area contributed by atoms with Crippen LogP contribution in [0.5, 0.6) is 0 Å². The average molecular weight is 837 g/mol. The minimum Gasteiger partial charge on any atom is -0.479 e. The summed E-state index contributed by atoms with van der Waals surface area (Å²) in [5, 5.41) is 72.9. The Balaban J connectivity index is 1.17. The first kappa shape index (κ1) is 44.5. The molecule has 16 heteroatoms. The smallest absolute Gasteiger partial charge is 0.335 e. The topological polar surface area (TPSA) is 256 Å². The van der Waals surface area contributed by atoms with Gasteiger partial charge >= 0.3 is 17.9 Å². The van der Waals surface area contributed by atoms with E-state index in [2.05, 4.69) is 27.7 Å². The third-order valence-corrected chi connectivity index (χ3v) is 17.4. The maximum absolute atomic E-state index is 14.9. The minimum absolute atomic E-state index is 0.0346. The largest absolute Gasteiger partial charge is 0.479 e. The van der Waals surface area contributed by atoms with Crippen LogP contribution >= 0.6 is 0 Å². The Bertz CT molecular complexity index is 1750. The molecule has 0 aromatic heterocycles. The molecular weight excluding hydrogens is 772 g/mol. The zero-order chi connectivity index (χ0) is 43.6. The first-order valence-electron chi connectivity index (χ1n) is 21.1. The quantitative estimate of drug-likeness (QED) is 0.144. The van der Waals surface area contributed by atoms with E-state index in [1.165, 1.54) is 12.7 Å². The second kappa shape index (κ2) is 14.8. The summed E-state index contributed by atoms with van der Waals surface area (Å²) >= 11 is 0. The molecule has 59 heavy (non-hydrogen) atoms. The summed E-state index contributed by atoms with van der Waals surface area (Å²) in [6.07, 6.45) is -11.6. The summed E-state index contributed by atoms with van der Waals surface area (Å²) in [5.74, 6) is -3.71. The van der Waals surface area contributed by atoms with Crippen molar-refractivity contribution < 1.29 is 78.6 Å². The van der Waals surface area contributed by atoms with Crippen molar-refractivity contribution >= 4 is 23.7 Å². The number of fused-ring (bicyclic) bond motifs is 7. The van der Waals surface area contributed by atoms with Crippen LogP contribution in [0.3, 0.4) is 0 Å². The van der Waals surface area contributed by atoms with Crippen molar-refractivity contribution in [1.82, 2.24) is 0 Å². The molecule has 6 fully saturated rings. The molecular formula is C43H64O16. The molecule has 4 saturated carbocycles. The molecule has 7 rings (SSSR count). The fourth-order valence-electron chi connectivity index (χ4n) is 13.6. The molecule has 0 spiro atoms. The Hall–Kier alpha value is -2.54. The summed E-state index contributed by atoms with van der Waals surface area (Å²) in [6, 6.07) is 0. The van der Waals surface area contributed by atoms with Crippen molar-refractivity contribution in [3.05, 3.63) is 11.6 Å². The Morgan fingerprint density at radius 2 is 1.31 bits per heavy atom. The monoisotopic (exact) mass is 836 g/mol. The van der Waals surface area contributed by atoms with Gasteiger partial charge in [-0.05, 0) is 110 Å². The van der Waals surface area contributed by atoms with Crippen LogP contribution in [-0.2, 0) is 42.9 Å². The van der Waals surface area contributed by atoms with Crippen LogP contribution in [0, 0.1) is 50.2 Å². The number of carboxylic acid groups (broad SMARTS) is 2. The van der Waals surface area contributed by atoms with Gasteiger partial charge in [0, 0.05) is 5.92 Å². The predicted molar refractivity (Wildman–Crippen MR) is 204 cm³/mol. The Kier molecular flexibility index (Phi) is 11.2. The van der Waals surface area contributed by atoms with Crippen LogP contribution in [0.15, 0.2) is 11.6 Å². The normalized spacial score (nSPS) is 51.8. The lowest BCUT2D eigenvalue weighted by Crippen LogP contribution is -2.68. The first-order valence-corrected chi connectivity index (χ1v) is 21.1. The molecule has 332 valence electrons. The van der Waals surface area contributed by atoms with Crippen LogP contribution in [0.1, 0.15) is 106 Å². The SMILES string of the molecule is COC(=O)[C@@]1(C)CC[C@]2(C)CC[C@]3(C)C(=CC(=O)[C@@H]4[C@@]5(C)CC[C@H](O[C@H]6O[C@H](C(=O)O)[C@@H](O)[C@H](O)[C@H]6O[C@@H]6O[C@H](C(=O)O)[C@@H](O)[C@H](O)[C@H]6O)C(C)(C)[C@@H]5CC[C@]43C)[C@@H]2C1. The fraction of sp³-hybridized carbons (Fsp3) is 0.860. The Morgan fingerprint density at radius 1 is 0.712 bits per heavy atom.